The first-order chi connectivity index (χ1) is 14.2. The molecule has 3 rings (SSSR count). The van der Waals surface area contributed by atoms with Gasteiger partial charge >= 0.3 is 0 Å². The Morgan fingerprint density at radius 1 is 1.10 bits per heavy atom. The third kappa shape index (κ3) is 5.08. The summed E-state index contributed by atoms with van der Waals surface area (Å²) in [5, 5.41) is 3.05. The van der Waals surface area contributed by atoms with E-state index in [0.717, 1.165) is 41.2 Å². The second kappa shape index (κ2) is 9.96. The van der Waals surface area contributed by atoms with Crippen LogP contribution in [-0.2, 0) is 17.9 Å². The molecule has 6 heteroatoms. The van der Waals surface area contributed by atoms with E-state index >= 15 is 0 Å². The van der Waals surface area contributed by atoms with Gasteiger partial charge in [-0.05, 0) is 37.1 Å². The number of hydrogen-bond donors (Lipinski definition) is 1. The van der Waals surface area contributed by atoms with E-state index in [1.807, 2.05) is 62.4 Å². The van der Waals surface area contributed by atoms with Gasteiger partial charge in [0, 0.05) is 12.0 Å². The monoisotopic (exact) mass is 395 g/mol. The van der Waals surface area contributed by atoms with Gasteiger partial charge in [0.05, 0.1) is 31.2 Å². The van der Waals surface area contributed by atoms with E-state index in [0.29, 0.717) is 19.7 Å². The zero-order chi connectivity index (χ0) is 20.6. The summed E-state index contributed by atoms with van der Waals surface area (Å²) in [6, 6.07) is 15.6. The van der Waals surface area contributed by atoms with Crippen LogP contribution in [0.3, 0.4) is 0 Å². The molecule has 0 unspecified atom stereocenters. The van der Waals surface area contributed by atoms with Gasteiger partial charge in [0.1, 0.15) is 23.9 Å². The summed E-state index contributed by atoms with van der Waals surface area (Å²) in [4.78, 5) is 17.1. The van der Waals surface area contributed by atoms with Crippen molar-refractivity contribution in [2.24, 2.45) is 5.92 Å². The third-order valence-electron chi connectivity index (χ3n) is 5.14. The van der Waals surface area contributed by atoms with Gasteiger partial charge in [0.15, 0.2) is 0 Å². The average molecular weight is 396 g/mol. The molecule has 3 aromatic rings. The van der Waals surface area contributed by atoms with Crippen LogP contribution >= 0.6 is 0 Å². The first-order valence-corrected chi connectivity index (χ1v) is 10.1. The number of rotatable bonds is 10. The Hall–Kier alpha value is -3.02. The fourth-order valence-corrected chi connectivity index (χ4v) is 3.43. The van der Waals surface area contributed by atoms with Gasteiger partial charge in [0.2, 0.25) is 5.91 Å². The number of nitrogens with zero attached hydrogens (tertiary/aromatic N) is 2. The van der Waals surface area contributed by atoms with Gasteiger partial charge in [0.25, 0.3) is 0 Å². The van der Waals surface area contributed by atoms with Crippen molar-refractivity contribution in [3.8, 4) is 11.5 Å². The Morgan fingerprint density at radius 3 is 2.62 bits per heavy atom. The zero-order valence-corrected chi connectivity index (χ0v) is 17.4. The van der Waals surface area contributed by atoms with Crippen molar-refractivity contribution in [3.63, 3.8) is 0 Å². The number of carbonyl (C=O) groups excluding carboxylic acids is 1. The molecule has 0 saturated heterocycles. The number of imidazole rings is 1. The van der Waals surface area contributed by atoms with Crippen LogP contribution in [0, 0.1) is 5.92 Å². The molecule has 0 spiro atoms. The van der Waals surface area contributed by atoms with Crippen molar-refractivity contribution in [3.05, 3.63) is 54.4 Å². The van der Waals surface area contributed by atoms with Crippen LogP contribution in [0.15, 0.2) is 48.5 Å². The van der Waals surface area contributed by atoms with E-state index in [1.165, 1.54) is 0 Å². The number of para-hydroxylation sites is 2. The van der Waals surface area contributed by atoms with Crippen molar-refractivity contribution < 1.29 is 14.3 Å². The number of methoxy groups -OCH3 is 1. The number of carbonyl (C=O) groups is 1. The molecule has 0 radical (unpaired) electrons. The quantitative estimate of drug-likeness (QED) is 0.559. The van der Waals surface area contributed by atoms with E-state index < -0.39 is 0 Å². The lowest BCUT2D eigenvalue weighted by molar-refractivity contribution is -0.125. The molecule has 1 heterocycles. The highest BCUT2D eigenvalue weighted by Crippen LogP contribution is 2.20. The van der Waals surface area contributed by atoms with E-state index in [4.69, 9.17) is 14.5 Å². The van der Waals surface area contributed by atoms with Gasteiger partial charge in [-0.3, -0.25) is 4.79 Å². The molecule has 1 N–H and O–H groups in total. The molecule has 1 amide bonds. The molecule has 154 valence electrons. The largest absolute Gasteiger partial charge is 0.497 e. The fraction of sp³-hybridized carbons (Fsp3) is 0.391. The average Bonchev–Trinajstić information content (AvgIpc) is 3.11. The number of ether oxygens (including phenoxy) is 2. The molecule has 0 aliphatic heterocycles. The fourth-order valence-electron chi connectivity index (χ4n) is 3.43. The van der Waals surface area contributed by atoms with E-state index in [2.05, 4.69) is 9.88 Å². The van der Waals surface area contributed by atoms with Crippen molar-refractivity contribution in [1.82, 2.24) is 14.9 Å². The summed E-state index contributed by atoms with van der Waals surface area (Å²) in [6.07, 6.45) is 1.68. The second-order valence-corrected chi connectivity index (χ2v) is 6.93. The summed E-state index contributed by atoms with van der Waals surface area (Å²) in [5.74, 6) is 2.49. The van der Waals surface area contributed by atoms with Gasteiger partial charge in [-0.15, -0.1) is 0 Å². The maximum Gasteiger partial charge on any atom is 0.223 e. The van der Waals surface area contributed by atoms with Crippen molar-refractivity contribution >= 4 is 16.9 Å². The molecular formula is C23H29N3O3. The van der Waals surface area contributed by atoms with Crippen LogP contribution < -0.4 is 14.8 Å². The Balaban J connectivity index is 1.71. The molecular weight excluding hydrogens is 366 g/mol. The summed E-state index contributed by atoms with van der Waals surface area (Å²) >= 11 is 0. The number of benzene rings is 2. The van der Waals surface area contributed by atoms with Crippen LogP contribution in [0.1, 0.15) is 32.5 Å². The number of amides is 1. The number of nitrogens with one attached hydrogen (secondary N) is 1. The molecule has 0 bridgehead atoms. The molecule has 6 nitrogen and oxygen atoms in total. The first kappa shape index (κ1) is 20.7. The third-order valence-corrected chi connectivity index (χ3v) is 5.14. The van der Waals surface area contributed by atoms with Crippen LogP contribution in [0.25, 0.3) is 11.0 Å². The maximum absolute atomic E-state index is 12.4. The zero-order valence-electron chi connectivity index (χ0n) is 17.4. The normalized spacial score (nSPS) is 11.0. The van der Waals surface area contributed by atoms with Crippen LogP contribution in [-0.4, -0.2) is 29.2 Å². The molecule has 0 aliphatic carbocycles. The highest BCUT2D eigenvalue weighted by atomic mass is 16.5. The molecule has 0 fully saturated rings. The van der Waals surface area contributed by atoms with E-state index in [-0.39, 0.29) is 11.8 Å². The number of fused-ring (bicyclic) bond motifs is 1. The van der Waals surface area contributed by atoms with Gasteiger partial charge in [-0.2, -0.15) is 0 Å². The van der Waals surface area contributed by atoms with Crippen molar-refractivity contribution in [2.75, 3.05) is 13.7 Å². The van der Waals surface area contributed by atoms with Crippen LogP contribution in [0.4, 0.5) is 0 Å². The number of aromatic nitrogens is 2. The lowest BCUT2D eigenvalue weighted by Crippen LogP contribution is -2.31. The predicted octanol–water partition coefficient (Wildman–Crippen LogP) is 4.18. The van der Waals surface area contributed by atoms with Gasteiger partial charge < -0.3 is 19.4 Å². The SMILES string of the molecule is CCC(CC)C(=O)NCc1nc2ccccc2n1CCOc1cccc(OC)c1. The molecule has 0 aliphatic rings. The summed E-state index contributed by atoms with van der Waals surface area (Å²) in [5.41, 5.74) is 1.95. The minimum atomic E-state index is 0.0456. The maximum atomic E-state index is 12.4. The summed E-state index contributed by atoms with van der Waals surface area (Å²) in [7, 11) is 1.64. The number of hydrogen-bond acceptors (Lipinski definition) is 4. The van der Waals surface area contributed by atoms with Crippen molar-refractivity contribution in [1.29, 1.82) is 0 Å². The Bertz CT molecular complexity index is 947. The molecule has 29 heavy (non-hydrogen) atoms. The minimum absolute atomic E-state index is 0.0456. The second-order valence-electron chi connectivity index (χ2n) is 6.93. The smallest absolute Gasteiger partial charge is 0.223 e. The summed E-state index contributed by atoms with van der Waals surface area (Å²) < 4.78 is 13.3. The lowest BCUT2D eigenvalue weighted by Gasteiger charge is -2.14. The Morgan fingerprint density at radius 2 is 1.86 bits per heavy atom. The lowest BCUT2D eigenvalue weighted by atomic mass is 10.0. The van der Waals surface area contributed by atoms with E-state index in [9.17, 15) is 4.79 Å². The highest BCUT2D eigenvalue weighted by Gasteiger charge is 2.16. The van der Waals surface area contributed by atoms with Crippen molar-refractivity contribution in [2.45, 2.75) is 39.8 Å². The highest BCUT2D eigenvalue weighted by molar-refractivity contribution is 5.79. The molecule has 2 aromatic carbocycles. The van der Waals surface area contributed by atoms with Gasteiger partial charge in [-0.25, -0.2) is 4.98 Å². The molecule has 0 atom stereocenters. The predicted molar refractivity (Wildman–Crippen MR) is 114 cm³/mol. The summed E-state index contributed by atoms with van der Waals surface area (Å²) in [6.45, 7) is 5.61. The van der Waals surface area contributed by atoms with E-state index in [1.54, 1.807) is 7.11 Å². The topological polar surface area (TPSA) is 65.4 Å². The van der Waals surface area contributed by atoms with Crippen LogP contribution in [0.2, 0.25) is 0 Å². The standard InChI is InChI=1S/C23H29N3O3/c1-4-17(5-2)23(27)24-16-22-25-20-11-6-7-12-21(20)26(22)13-14-29-19-10-8-9-18(15-19)28-3/h6-12,15,17H,4-5,13-14,16H2,1-3H3,(H,24,27). The molecule has 0 saturated carbocycles. The van der Waals surface area contributed by atoms with Gasteiger partial charge in [-0.1, -0.05) is 32.0 Å². The van der Waals surface area contributed by atoms with Crippen LogP contribution in [0.5, 0.6) is 11.5 Å². The molecule has 1 aromatic heterocycles. The Labute approximate surface area is 171 Å². The first-order valence-electron chi connectivity index (χ1n) is 10.1. The minimum Gasteiger partial charge on any atom is -0.497 e. The Kier molecular flexibility index (Phi) is 7.11.